The SMILES string of the molecule is CNc1ccc(C(=O)Nc2c(C)cccc2Cl)c(C)c1. The fourth-order valence-electron chi connectivity index (χ4n) is 2.05. The van der Waals surface area contributed by atoms with Crippen molar-refractivity contribution in [2.75, 3.05) is 17.7 Å². The highest BCUT2D eigenvalue weighted by molar-refractivity contribution is 6.34. The number of rotatable bonds is 3. The molecule has 0 saturated heterocycles. The Morgan fingerprint density at radius 3 is 2.45 bits per heavy atom. The van der Waals surface area contributed by atoms with Gasteiger partial charge in [-0.15, -0.1) is 0 Å². The summed E-state index contributed by atoms with van der Waals surface area (Å²) in [5.74, 6) is -0.152. The lowest BCUT2D eigenvalue weighted by Gasteiger charge is -2.12. The largest absolute Gasteiger partial charge is 0.388 e. The van der Waals surface area contributed by atoms with Crippen molar-refractivity contribution in [2.45, 2.75) is 13.8 Å². The molecule has 0 bridgehead atoms. The smallest absolute Gasteiger partial charge is 0.255 e. The van der Waals surface area contributed by atoms with Crippen LogP contribution in [0.1, 0.15) is 21.5 Å². The minimum Gasteiger partial charge on any atom is -0.388 e. The second-order valence-corrected chi connectivity index (χ2v) is 5.07. The molecule has 2 aromatic carbocycles. The van der Waals surface area contributed by atoms with E-state index in [9.17, 15) is 4.79 Å². The third kappa shape index (κ3) is 2.94. The number of aryl methyl sites for hydroxylation is 2. The van der Waals surface area contributed by atoms with Crippen LogP contribution in [0.3, 0.4) is 0 Å². The molecule has 0 saturated carbocycles. The van der Waals surface area contributed by atoms with Crippen LogP contribution in [-0.4, -0.2) is 13.0 Å². The summed E-state index contributed by atoms with van der Waals surface area (Å²) < 4.78 is 0. The molecule has 0 aliphatic heterocycles. The molecule has 0 spiro atoms. The second kappa shape index (κ2) is 5.97. The molecule has 0 unspecified atom stereocenters. The highest BCUT2D eigenvalue weighted by atomic mass is 35.5. The number of carbonyl (C=O) groups is 1. The van der Waals surface area contributed by atoms with Gasteiger partial charge in [-0.1, -0.05) is 23.7 Å². The summed E-state index contributed by atoms with van der Waals surface area (Å²) in [4.78, 5) is 12.3. The topological polar surface area (TPSA) is 41.1 Å². The van der Waals surface area contributed by atoms with Gasteiger partial charge in [0.25, 0.3) is 5.91 Å². The van der Waals surface area contributed by atoms with Crippen LogP contribution in [0.5, 0.6) is 0 Å². The predicted octanol–water partition coefficient (Wildman–Crippen LogP) is 4.25. The van der Waals surface area contributed by atoms with Crippen molar-refractivity contribution in [1.82, 2.24) is 0 Å². The van der Waals surface area contributed by atoms with E-state index in [0.29, 0.717) is 16.3 Å². The molecule has 2 rings (SSSR count). The van der Waals surface area contributed by atoms with Crippen LogP contribution in [0.2, 0.25) is 5.02 Å². The molecule has 0 aliphatic carbocycles. The monoisotopic (exact) mass is 288 g/mol. The van der Waals surface area contributed by atoms with Gasteiger partial charge in [-0.25, -0.2) is 0 Å². The first kappa shape index (κ1) is 14.4. The van der Waals surface area contributed by atoms with E-state index in [-0.39, 0.29) is 5.91 Å². The van der Waals surface area contributed by atoms with Crippen LogP contribution in [0.25, 0.3) is 0 Å². The van der Waals surface area contributed by atoms with Crippen LogP contribution < -0.4 is 10.6 Å². The molecule has 104 valence electrons. The molecular weight excluding hydrogens is 272 g/mol. The third-order valence-corrected chi connectivity index (χ3v) is 3.54. The van der Waals surface area contributed by atoms with Crippen LogP contribution >= 0.6 is 11.6 Å². The van der Waals surface area contributed by atoms with Crippen LogP contribution in [-0.2, 0) is 0 Å². The summed E-state index contributed by atoms with van der Waals surface area (Å²) in [6.45, 7) is 3.83. The number of carbonyl (C=O) groups excluding carboxylic acids is 1. The summed E-state index contributed by atoms with van der Waals surface area (Å²) in [6, 6.07) is 11.2. The molecular formula is C16H17ClN2O. The zero-order valence-corrected chi connectivity index (χ0v) is 12.5. The highest BCUT2D eigenvalue weighted by Gasteiger charge is 2.12. The van der Waals surface area contributed by atoms with Crippen LogP contribution in [0.15, 0.2) is 36.4 Å². The first-order chi connectivity index (χ1) is 9.52. The van der Waals surface area contributed by atoms with Crippen molar-refractivity contribution in [3.05, 3.63) is 58.1 Å². The number of nitrogens with one attached hydrogen (secondary N) is 2. The van der Waals surface area contributed by atoms with Gasteiger partial charge >= 0.3 is 0 Å². The van der Waals surface area contributed by atoms with E-state index >= 15 is 0 Å². The maximum absolute atomic E-state index is 12.3. The van der Waals surface area contributed by atoms with Gasteiger partial charge in [0.1, 0.15) is 0 Å². The minimum absolute atomic E-state index is 0.152. The lowest BCUT2D eigenvalue weighted by Crippen LogP contribution is -2.14. The molecule has 0 atom stereocenters. The Hall–Kier alpha value is -2.00. The normalized spacial score (nSPS) is 10.2. The first-order valence-electron chi connectivity index (χ1n) is 6.38. The lowest BCUT2D eigenvalue weighted by molar-refractivity contribution is 0.102. The summed E-state index contributed by atoms with van der Waals surface area (Å²) in [5.41, 5.74) is 4.14. The number of para-hydroxylation sites is 1. The molecule has 0 radical (unpaired) electrons. The summed E-state index contributed by atoms with van der Waals surface area (Å²) in [7, 11) is 1.85. The fraction of sp³-hybridized carbons (Fsp3) is 0.188. The summed E-state index contributed by atoms with van der Waals surface area (Å²) in [6.07, 6.45) is 0. The molecule has 2 aromatic rings. The van der Waals surface area contributed by atoms with Gasteiger partial charge in [0.05, 0.1) is 10.7 Å². The first-order valence-corrected chi connectivity index (χ1v) is 6.75. The molecule has 0 aromatic heterocycles. The van der Waals surface area contributed by atoms with Gasteiger partial charge in [0.2, 0.25) is 0 Å². The fourth-order valence-corrected chi connectivity index (χ4v) is 2.31. The van der Waals surface area contributed by atoms with Gasteiger partial charge in [0.15, 0.2) is 0 Å². The molecule has 0 aliphatic rings. The van der Waals surface area contributed by atoms with E-state index in [0.717, 1.165) is 16.8 Å². The molecule has 0 fully saturated rings. The van der Waals surface area contributed by atoms with Crippen molar-refractivity contribution < 1.29 is 4.79 Å². The van der Waals surface area contributed by atoms with Gasteiger partial charge in [-0.3, -0.25) is 4.79 Å². The van der Waals surface area contributed by atoms with Gasteiger partial charge in [0, 0.05) is 18.3 Å². The summed E-state index contributed by atoms with van der Waals surface area (Å²) >= 11 is 6.12. The number of amides is 1. The molecule has 1 amide bonds. The standard InChI is InChI=1S/C16H17ClN2O/c1-10-5-4-6-14(17)15(10)19-16(20)13-8-7-12(18-3)9-11(13)2/h4-9,18H,1-3H3,(H,19,20). The molecule has 3 nitrogen and oxygen atoms in total. The predicted molar refractivity (Wildman–Crippen MR) is 84.9 cm³/mol. The van der Waals surface area contributed by atoms with E-state index in [4.69, 9.17) is 11.6 Å². The van der Waals surface area contributed by atoms with E-state index in [1.807, 2.05) is 51.2 Å². The molecule has 4 heteroatoms. The van der Waals surface area contributed by atoms with Gasteiger partial charge in [-0.2, -0.15) is 0 Å². The minimum atomic E-state index is -0.152. The third-order valence-electron chi connectivity index (χ3n) is 3.22. The van der Waals surface area contributed by atoms with E-state index in [1.165, 1.54) is 0 Å². The Morgan fingerprint density at radius 2 is 1.85 bits per heavy atom. The Morgan fingerprint density at radius 1 is 1.10 bits per heavy atom. The van der Waals surface area contributed by atoms with Crippen molar-refractivity contribution in [2.24, 2.45) is 0 Å². The molecule has 20 heavy (non-hydrogen) atoms. The van der Waals surface area contributed by atoms with E-state index < -0.39 is 0 Å². The average Bonchev–Trinajstić information content (AvgIpc) is 2.42. The maximum Gasteiger partial charge on any atom is 0.255 e. The molecule has 0 heterocycles. The molecule has 2 N–H and O–H groups in total. The van der Waals surface area contributed by atoms with E-state index in [1.54, 1.807) is 6.07 Å². The van der Waals surface area contributed by atoms with Crippen molar-refractivity contribution in [1.29, 1.82) is 0 Å². The zero-order chi connectivity index (χ0) is 14.7. The number of benzene rings is 2. The zero-order valence-electron chi connectivity index (χ0n) is 11.8. The number of hydrogen-bond donors (Lipinski definition) is 2. The average molecular weight is 289 g/mol. The van der Waals surface area contributed by atoms with Gasteiger partial charge in [-0.05, 0) is 49.2 Å². The van der Waals surface area contributed by atoms with E-state index in [2.05, 4.69) is 10.6 Å². The number of halogens is 1. The van der Waals surface area contributed by atoms with Crippen molar-refractivity contribution in [3.8, 4) is 0 Å². The van der Waals surface area contributed by atoms with Crippen LogP contribution in [0, 0.1) is 13.8 Å². The Labute approximate surface area is 124 Å². The Bertz CT molecular complexity index is 633. The summed E-state index contributed by atoms with van der Waals surface area (Å²) in [5, 5.41) is 6.48. The van der Waals surface area contributed by atoms with Crippen molar-refractivity contribution in [3.63, 3.8) is 0 Å². The Kier molecular flexibility index (Phi) is 4.30. The maximum atomic E-state index is 12.3. The quantitative estimate of drug-likeness (QED) is 0.886. The van der Waals surface area contributed by atoms with Crippen LogP contribution in [0.4, 0.5) is 11.4 Å². The second-order valence-electron chi connectivity index (χ2n) is 4.67. The van der Waals surface area contributed by atoms with Crippen molar-refractivity contribution >= 4 is 28.9 Å². The lowest BCUT2D eigenvalue weighted by atomic mass is 10.1. The number of anilines is 2. The number of hydrogen-bond acceptors (Lipinski definition) is 2. The Balaban J connectivity index is 2.29. The van der Waals surface area contributed by atoms with Gasteiger partial charge < -0.3 is 10.6 Å². The highest BCUT2D eigenvalue weighted by Crippen LogP contribution is 2.26.